The van der Waals surface area contributed by atoms with Crippen molar-refractivity contribution in [1.82, 2.24) is 19.5 Å². The third-order valence-corrected chi connectivity index (χ3v) is 8.08. The molecule has 0 aliphatic carbocycles. The summed E-state index contributed by atoms with van der Waals surface area (Å²) in [7, 11) is 1.92. The Bertz CT molecular complexity index is 1560. The van der Waals surface area contributed by atoms with Crippen molar-refractivity contribution in [3.05, 3.63) is 58.5 Å². The third kappa shape index (κ3) is 4.93. The zero-order chi connectivity index (χ0) is 27.8. The van der Waals surface area contributed by atoms with Gasteiger partial charge in [-0.25, -0.2) is 13.9 Å². The van der Waals surface area contributed by atoms with Gasteiger partial charge in [-0.2, -0.15) is 10.4 Å². The molecule has 1 atom stereocenters. The smallest absolute Gasteiger partial charge is 0.251 e. The van der Waals surface area contributed by atoms with Crippen molar-refractivity contribution < 1.29 is 14.3 Å². The first-order valence-corrected chi connectivity index (χ1v) is 13.7. The van der Waals surface area contributed by atoms with E-state index in [4.69, 9.17) is 10.1 Å². The van der Waals surface area contributed by atoms with E-state index in [2.05, 4.69) is 30.0 Å². The van der Waals surface area contributed by atoms with E-state index < -0.39 is 6.10 Å². The number of aliphatic hydroxyl groups excluding tert-OH is 1. The van der Waals surface area contributed by atoms with E-state index in [-0.39, 0.29) is 11.7 Å². The highest BCUT2D eigenvalue weighted by atomic mass is 32.1. The summed E-state index contributed by atoms with van der Waals surface area (Å²) in [5.74, 6) is -0.584. The molecule has 1 amide bonds. The molecule has 11 heteroatoms. The van der Waals surface area contributed by atoms with Gasteiger partial charge in [-0.05, 0) is 56.7 Å². The molecule has 1 aromatic carbocycles. The van der Waals surface area contributed by atoms with Crippen LogP contribution < -0.4 is 9.80 Å². The van der Waals surface area contributed by atoms with Gasteiger partial charge in [0.25, 0.3) is 5.91 Å². The molecule has 1 N–H and O–H groups in total. The largest absolute Gasteiger partial charge is 0.384 e. The topological polar surface area (TPSA) is 101 Å². The highest BCUT2D eigenvalue weighted by Gasteiger charge is 2.26. The van der Waals surface area contributed by atoms with Crippen LogP contribution in [0.2, 0.25) is 0 Å². The number of hydrogen-bond donors (Lipinski definition) is 1. The number of aromatic nitrogens is 3. The van der Waals surface area contributed by atoms with Crippen molar-refractivity contribution in [2.45, 2.75) is 33.3 Å². The minimum atomic E-state index is -0.997. The van der Waals surface area contributed by atoms with Crippen molar-refractivity contribution in [3.63, 3.8) is 0 Å². The van der Waals surface area contributed by atoms with Gasteiger partial charge in [-0.15, -0.1) is 0 Å². The zero-order valence-corrected chi connectivity index (χ0v) is 23.2. The number of nitriles is 1. The Kier molecular flexibility index (Phi) is 7.25. The summed E-state index contributed by atoms with van der Waals surface area (Å²) >= 11 is 1.29. The van der Waals surface area contributed by atoms with Crippen LogP contribution in [-0.2, 0) is 11.2 Å². The number of anilines is 3. The minimum Gasteiger partial charge on any atom is -0.384 e. The zero-order valence-electron chi connectivity index (χ0n) is 22.3. The molecule has 39 heavy (non-hydrogen) atoms. The van der Waals surface area contributed by atoms with Crippen LogP contribution in [0.25, 0.3) is 16.8 Å². The van der Waals surface area contributed by atoms with E-state index in [0.29, 0.717) is 53.9 Å². The van der Waals surface area contributed by atoms with Crippen LogP contribution in [-0.4, -0.2) is 69.8 Å². The van der Waals surface area contributed by atoms with E-state index in [0.717, 1.165) is 28.3 Å². The lowest BCUT2D eigenvalue weighted by molar-refractivity contribution is -0.139. The average Bonchev–Trinajstić information content (AvgIpc) is 3.55. The highest BCUT2D eigenvalue weighted by Crippen LogP contribution is 2.39. The molecule has 0 unspecified atom stereocenters. The van der Waals surface area contributed by atoms with Crippen LogP contribution in [0, 0.1) is 24.1 Å². The minimum absolute atomic E-state index is 0.242. The fraction of sp³-hybridized carbons (Fsp3) is 0.357. The molecule has 9 nitrogen and oxygen atoms in total. The molecule has 0 bridgehead atoms. The number of aliphatic hydroxyl groups is 1. The first kappa shape index (κ1) is 26.6. The number of carbonyl (C=O) groups is 1. The number of halogens is 1. The van der Waals surface area contributed by atoms with Crippen LogP contribution in [0.3, 0.4) is 0 Å². The second-order valence-electron chi connectivity index (χ2n) is 9.64. The number of benzene rings is 1. The lowest BCUT2D eigenvalue weighted by Crippen LogP contribution is -2.51. The molecule has 1 aliphatic heterocycles. The SMILES string of the molecule is CCc1nn2c(C)cc(N3CCN(C(=O)[C@@H](C)O)CC3)cc2c1N(C)c1nc(-c2ccc(F)cc2)c(C#N)s1. The summed E-state index contributed by atoms with van der Waals surface area (Å²) in [4.78, 5) is 23.4. The molecule has 1 saturated heterocycles. The van der Waals surface area contributed by atoms with Crippen molar-refractivity contribution in [1.29, 1.82) is 5.26 Å². The van der Waals surface area contributed by atoms with Gasteiger partial charge in [0.1, 0.15) is 28.6 Å². The number of rotatable bonds is 6. The van der Waals surface area contributed by atoms with Crippen LogP contribution in [0.4, 0.5) is 20.9 Å². The molecule has 1 fully saturated rings. The summed E-state index contributed by atoms with van der Waals surface area (Å²) in [6.07, 6.45) is -0.291. The number of carbonyl (C=O) groups excluding carboxylic acids is 1. The summed E-state index contributed by atoms with van der Waals surface area (Å²) in [5.41, 5.74) is 5.96. The highest BCUT2D eigenvalue weighted by molar-refractivity contribution is 7.16. The number of hydrogen-bond acceptors (Lipinski definition) is 8. The molecule has 202 valence electrons. The Hall–Kier alpha value is -4.01. The number of amides is 1. The lowest BCUT2D eigenvalue weighted by atomic mass is 10.1. The monoisotopic (exact) mass is 547 g/mol. The maximum Gasteiger partial charge on any atom is 0.251 e. The molecule has 5 rings (SSSR count). The van der Waals surface area contributed by atoms with Crippen molar-refractivity contribution in [2.24, 2.45) is 0 Å². The molecule has 0 saturated carbocycles. The lowest BCUT2D eigenvalue weighted by Gasteiger charge is -2.36. The van der Waals surface area contributed by atoms with Gasteiger partial charge < -0.3 is 19.8 Å². The molecule has 1 aliphatic rings. The molecule has 3 aromatic heterocycles. The first-order valence-electron chi connectivity index (χ1n) is 12.9. The molecule has 4 aromatic rings. The van der Waals surface area contributed by atoms with E-state index in [1.165, 1.54) is 30.4 Å². The fourth-order valence-electron chi connectivity index (χ4n) is 4.99. The van der Waals surface area contributed by atoms with Gasteiger partial charge >= 0.3 is 0 Å². The molecule has 4 heterocycles. The van der Waals surface area contributed by atoms with E-state index in [9.17, 15) is 19.6 Å². The Morgan fingerprint density at radius 2 is 1.92 bits per heavy atom. The summed E-state index contributed by atoms with van der Waals surface area (Å²) < 4.78 is 15.4. The summed E-state index contributed by atoms with van der Waals surface area (Å²) in [5, 5.41) is 25.0. The first-order chi connectivity index (χ1) is 18.7. The second-order valence-corrected chi connectivity index (χ2v) is 10.6. The quantitative estimate of drug-likeness (QED) is 0.387. The normalized spacial score (nSPS) is 14.5. The van der Waals surface area contributed by atoms with Gasteiger partial charge in [0, 0.05) is 50.2 Å². The number of thiazole rings is 1. The predicted octanol–water partition coefficient (Wildman–Crippen LogP) is 4.14. The average molecular weight is 548 g/mol. The van der Waals surface area contributed by atoms with Gasteiger partial charge in [-0.1, -0.05) is 18.3 Å². The van der Waals surface area contributed by atoms with Crippen LogP contribution in [0.5, 0.6) is 0 Å². The number of piperazine rings is 1. The van der Waals surface area contributed by atoms with Gasteiger partial charge in [0.2, 0.25) is 0 Å². The predicted molar refractivity (Wildman–Crippen MR) is 150 cm³/mol. The van der Waals surface area contributed by atoms with Crippen molar-refractivity contribution in [2.75, 3.05) is 43.0 Å². The molecular weight excluding hydrogens is 517 g/mol. The van der Waals surface area contributed by atoms with Crippen LogP contribution >= 0.6 is 11.3 Å². The molecule has 0 radical (unpaired) electrons. The number of aryl methyl sites for hydroxylation is 2. The van der Waals surface area contributed by atoms with Crippen LogP contribution in [0.15, 0.2) is 36.4 Å². The van der Waals surface area contributed by atoms with Crippen molar-refractivity contribution in [3.8, 4) is 17.3 Å². The van der Waals surface area contributed by atoms with Gasteiger partial charge in [-0.3, -0.25) is 4.79 Å². The van der Waals surface area contributed by atoms with E-state index >= 15 is 0 Å². The standard InChI is InChI=1S/C28H30FN7O2S/c1-5-22-26(33(4)28-31-25(24(16-30)39-28)19-6-8-20(29)9-7-19)23-15-21(14-17(2)36(23)32-22)34-10-12-35(13-11-34)27(38)18(3)37/h6-9,14-15,18,37H,5,10-13H2,1-4H3/t18-/m1/s1. The van der Waals surface area contributed by atoms with Crippen LogP contribution in [0.1, 0.15) is 30.1 Å². The third-order valence-electron chi connectivity index (χ3n) is 7.05. The maximum atomic E-state index is 13.5. The molecular formula is C28H30FN7O2S. The number of pyridine rings is 1. The summed E-state index contributed by atoms with van der Waals surface area (Å²) in [6.45, 7) is 7.98. The Morgan fingerprint density at radius 1 is 1.23 bits per heavy atom. The number of fused-ring (bicyclic) bond motifs is 1. The summed E-state index contributed by atoms with van der Waals surface area (Å²) in [6, 6.07) is 12.4. The second kappa shape index (κ2) is 10.6. The van der Waals surface area contributed by atoms with E-state index in [1.807, 2.05) is 23.4 Å². The van der Waals surface area contributed by atoms with Gasteiger partial charge in [0.15, 0.2) is 5.13 Å². The Morgan fingerprint density at radius 3 is 2.54 bits per heavy atom. The van der Waals surface area contributed by atoms with Gasteiger partial charge in [0.05, 0.1) is 16.9 Å². The Balaban J connectivity index is 1.51. The molecule has 0 spiro atoms. The Labute approximate surface area is 230 Å². The maximum absolute atomic E-state index is 13.5. The number of nitrogens with zero attached hydrogens (tertiary/aromatic N) is 7. The van der Waals surface area contributed by atoms with Crippen molar-refractivity contribution >= 4 is 39.3 Å². The fourth-order valence-corrected chi connectivity index (χ4v) is 5.84. The van der Waals surface area contributed by atoms with E-state index in [1.54, 1.807) is 17.0 Å².